The third-order valence-corrected chi connectivity index (χ3v) is 7.58. The number of hydrogen-bond donors (Lipinski definition) is 1. The fourth-order valence-electron chi connectivity index (χ4n) is 5.15. The van der Waals surface area contributed by atoms with Crippen molar-refractivity contribution in [2.24, 2.45) is 0 Å². The normalized spacial score (nSPS) is 14.2. The number of benzene rings is 3. The number of carbonyl (C=O) groups is 2. The monoisotopic (exact) mass is 562 g/mol. The summed E-state index contributed by atoms with van der Waals surface area (Å²) >= 11 is 5.96. The molecule has 0 saturated heterocycles. The molecule has 0 heterocycles. The minimum Gasteiger partial charge on any atom is -0.497 e. The zero-order valence-electron chi connectivity index (χ0n) is 23.2. The van der Waals surface area contributed by atoms with Crippen molar-refractivity contribution < 1.29 is 19.1 Å². The van der Waals surface area contributed by atoms with E-state index < -0.39 is 6.04 Å². The number of amides is 2. The van der Waals surface area contributed by atoms with Crippen molar-refractivity contribution in [2.45, 2.75) is 70.0 Å². The first-order valence-corrected chi connectivity index (χ1v) is 14.5. The van der Waals surface area contributed by atoms with Gasteiger partial charge >= 0.3 is 0 Å². The molecule has 3 aromatic carbocycles. The predicted molar refractivity (Wildman–Crippen MR) is 159 cm³/mol. The van der Waals surface area contributed by atoms with E-state index >= 15 is 0 Å². The summed E-state index contributed by atoms with van der Waals surface area (Å²) in [6, 6.07) is 24.3. The smallest absolute Gasteiger partial charge is 0.243 e. The third kappa shape index (κ3) is 9.02. The lowest BCUT2D eigenvalue weighted by atomic mass is 9.94. The average Bonchev–Trinajstić information content (AvgIpc) is 2.99. The lowest BCUT2D eigenvalue weighted by Crippen LogP contribution is -2.52. The van der Waals surface area contributed by atoms with Crippen LogP contribution < -0.4 is 14.8 Å². The predicted octanol–water partition coefficient (Wildman–Crippen LogP) is 6.60. The molecule has 4 rings (SSSR count). The van der Waals surface area contributed by atoms with Crippen molar-refractivity contribution in [1.29, 1.82) is 0 Å². The highest BCUT2D eigenvalue weighted by Crippen LogP contribution is 2.22. The summed E-state index contributed by atoms with van der Waals surface area (Å²) in [5.41, 5.74) is 1.93. The van der Waals surface area contributed by atoms with Crippen LogP contribution in [0.25, 0.3) is 0 Å². The van der Waals surface area contributed by atoms with Crippen LogP contribution in [-0.4, -0.2) is 42.5 Å². The summed E-state index contributed by atoms with van der Waals surface area (Å²) in [6.07, 6.45) is 6.64. The van der Waals surface area contributed by atoms with Crippen molar-refractivity contribution >= 4 is 23.4 Å². The van der Waals surface area contributed by atoms with Crippen LogP contribution >= 0.6 is 11.6 Å². The van der Waals surface area contributed by atoms with E-state index in [-0.39, 0.29) is 24.3 Å². The van der Waals surface area contributed by atoms with Crippen LogP contribution in [-0.2, 0) is 22.6 Å². The van der Waals surface area contributed by atoms with Crippen molar-refractivity contribution in [3.05, 3.63) is 95.0 Å². The minimum atomic E-state index is -0.639. The maximum atomic E-state index is 13.9. The van der Waals surface area contributed by atoms with E-state index in [1.54, 1.807) is 24.1 Å². The summed E-state index contributed by atoms with van der Waals surface area (Å²) in [5.74, 6) is 1.25. The van der Waals surface area contributed by atoms with E-state index in [2.05, 4.69) is 5.32 Å². The van der Waals surface area contributed by atoms with Crippen LogP contribution in [0, 0.1) is 0 Å². The first kappa shape index (κ1) is 29.5. The molecule has 40 heavy (non-hydrogen) atoms. The number of hydrogen-bond acceptors (Lipinski definition) is 4. The maximum absolute atomic E-state index is 13.9. The lowest BCUT2D eigenvalue weighted by molar-refractivity contribution is -0.141. The minimum absolute atomic E-state index is 0.0812. The van der Waals surface area contributed by atoms with Crippen molar-refractivity contribution in [2.75, 3.05) is 13.7 Å². The van der Waals surface area contributed by atoms with Gasteiger partial charge in [-0.25, -0.2) is 0 Å². The highest BCUT2D eigenvalue weighted by Gasteiger charge is 2.31. The van der Waals surface area contributed by atoms with Gasteiger partial charge in [0.1, 0.15) is 17.5 Å². The fraction of sp³-hybridized carbons (Fsp3) is 0.394. The number of nitrogens with one attached hydrogen (secondary N) is 1. The number of rotatable bonds is 13. The van der Waals surface area contributed by atoms with E-state index in [4.69, 9.17) is 21.1 Å². The van der Waals surface area contributed by atoms with Gasteiger partial charge in [0.15, 0.2) is 0 Å². The van der Waals surface area contributed by atoms with E-state index in [9.17, 15) is 9.59 Å². The molecule has 1 aliphatic carbocycles. The second-order valence-electron chi connectivity index (χ2n) is 10.3. The van der Waals surface area contributed by atoms with Gasteiger partial charge in [0.2, 0.25) is 11.8 Å². The first-order valence-electron chi connectivity index (χ1n) is 14.2. The first-order chi connectivity index (χ1) is 19.5. The topological polar surface area (TPSA) is 67.9 Å². The van der Waals surface area contributed by atoms with Gasteiger partial charge in [-0.3, -0.25) is 9.59 Å². The van der Waals surface area contributed by atoms with Crippen LogP contribution in [0.1, 0.15) is 56.1 Å². The van der Waals surface area contributed by atoms with Gasteiger partial charge in [0, 0.05) is 30.5 Å². The quantitative estimate of drug-likeness (QED) is 0.238. The molecular formula is C33H39ClN2O4. The maximum Gasteiger partial charge on any atom is 0.243 e. The molecule has 0 aliphatic heterocycles. The molecule has 2 amide bonds. The summed E-state index contributed by atoms with van der Waals surface area (Å²) in [7, 11) is 1.62. The van der Waals surface area contributed by atoms with Crippen LogP contribution in [0.15, 0.2) is 78.9 Å². The van der Waals surface area contributed by atoms with Gasteiger partial charge in [0.25, 0.3) is 0 Å². The summed E-state index contributed by atoms with van der Waals surface area (Å²) in [4.78, 5) is 29.4. The second kappa shape index (κ2) is 15.3. The van der Waals surface area contributed by atoms with Gasteiger partial charge in [0.05, 0.1) is 13.7 Å². The molecular weight excluding hydrogens is 524 g/mol. The molecule has 7 heteroatoms. The number of methoxy groups -OCH3 is 1. The van der Waals surface area contributed by atoms with E-state index in [1.165, 1.54) is 6.42 Å². The van der Waals surface area contributed by atoms with Gasteiger partial charge in [-0.1, -0.05) is 73.3 Å². The van der Waals surface area contributed by atoms with Crippen LogP contribution in [0.4, 0.5) is 0 Å². The summed E-state index contributed by atoms with van der Waals surface area (Å²) in [6.45, 7) is 0.696. The molecule has 3 aromatic rings. The molecule has 1 atom stereocenters. The zero-order valence-corrected chi connectivity index (χ0v) is 23.9. The largest absolute Gasteiger partial charge is 0.497 e. The average molecular weight is 563 g/mol. The molecule has 0 bridgehead atoms. The number of carbonyl (C=O) groups excluding carboxylic acids is 2. The van der Waals surface area contributed by atoms with Crippen LogP contribution in [0.3, 0.4) is 0 Å². The van der Waals surface area contributed by atoms with Gasteiger partial charge in [-0.05, 0) is 66.8 Å². The molecule has 1 N–H and O–H groups in total. The highest BCUT2D eigenvalue weighted by atomic mass is 35.5. The summed E-state index contributed by atoms with van der Waals surface area (Å²) < 4.78 is 11.2. The number of ether oxygens (including phenoxy) is 2. The lowest BCUT2D eigenvalue weighted by Gasteiger charge is -2.33. The molecule has 1 fully saturated rings. The molecule has 0 aromatic heterocycles. The Morgan fingerprint density at radius 3 is 2.38 bits per heavy atom. The number of halogens is 1. The Morgan fingerprint density at radius 2 is 1.65 bits per heavy atom. The Morgan fingerprint density at radius 1 is 0.925 bits per heavy atom. The molecule has 6 nitrogen and oxygen atoms in total. The standard InChI is InChI=1S/C33H39ClN2O4/c1-39-30-15-8-12-26(22-30)24-36(32(37)16-9-21-40-29-19-17-27(34)18-20-29)31(23-25-10-4-2-5-11-25)33(38)35-28-13-6-3-7-14-28/h2,4-5,8,10-12,15,17-20,22,28,31H,3,6-7,9,13-14,16,21,23-24H2,1H3,(H,35,38). The second-order valence-corrected chi connectivity index (χ2v) is 10.8. The van der Waals surface area contributed by atoms with Gasteiger partial charge < -0.3 is 19.7 Å². The third-order valence-electron chi connectivity index (χ3n) is 7.33. The zero-order chi connectivity index (χ0) is 28.2. The van der Waals surface area contributed by atoms with E-state index in [1.807, 2.05) is 66.7 Å². The Bertz CT molecular complexity index is 1210. The SMILES string of the molecule is COc1cccc(CN(C(=O)CCCOc2ccc(Cl)cc2)C(Cc2ccccc2)C(=O)NC2CCCCC2)c1. The van der Waals surface area contributed by atoms with Gasteiger partial charge in [-0.15, -0.1) is 0 Å². The van der Waals surface area contributed by atoms with Crippen LogP contribution in [0.5, 0.6) is 11.5 Å². The molecule has 0 spiro atoms. The molecule has 0 radical (unpaired) electrons. The molecule has 1 unspecified atom stereocenters. The van der Waals surface area contributed by atoms with Crippen molar-refractivity contribution in [3.8, 4) is 11.5 Å². The Labute approximate surface area is 242 Å². The van der Waals surface area contributed by atoms with Crippen LogP contribution in [0.2, 0.25) is 5.02 Å². The van der Waals surface area contributed by atoms with Crippen molar-refractivity contribution in [1.82, 2.24) is 10.2 Å². The molecule has 1 saturated carbocycles. The highest BCUT2D eigenvalue weighted by molar-refractivity contribution is 6.30. The Balaban J connectivity index is 1.53. The fourth-order valence-corrected chi connectivity index (χ4v) is 5.28. The van der Waals surface area contributed by atoms with E-state index in [0.29, 0.717) is 42.5 Å². The van der Waals surface area contributed by atoms with E-state index in [0.717, 1.165) is 36.8 Å². The summed E-state index contributed by atoms with van der Waals surface area (Å²) in [5, 5.41) is 3.93. The molecule has 1 aliphatic rings. The molecule has 212 valence electrons. The number of nitrogens with zero attached hydrogens (tertiary/aromatic N) is 1. The Hall–Kier alpha value is -3.51. The Kier molecular flexibility index (Phi) is 11.3. The van der Waals surface area contributed by atoms with Crippen molar-refractivity contribution in [3.63, 3.8) is 0 Å². The van der Waals surface area contributed by atoms with Gasteiger partial charge in [-0.2, -0.15) is 0 Å².